The van der Waals surface area contributed by atoms with Gasteiger partial charge in [-0.15, -0.1) is 0 Å². The van der Waals surface area contributed by atoms with Crippen LogP contribution in [-0.2, 0) is 39.5 Å². The molecule has 2 atom stereocenters. The van der Waals surface area contributed by atoms with Crippen LogP contribution < -0.4 is 29.1 Å². The zero-order valence-corrected chi connectivity index (χ0v) is 28.9. The van der Waals surface area contributed by atoms with Crippen molar-refractivity contribution in [1.29, 1.82) is 0 Å². The molecule has 3 aromatic carbocycles. The number of carbonyl (C=O) groups is 2. The van der Waals surface area contributed by atoms with Gasteiger partial charge in [-0.2, -0.15) is 0 Å². The highest BCUT2D eigenvalue weighted by Gasteiger charge is 2.46. The third-order valence-corrected chi connectivity index (χ3v) is 11.9. The third-order valence-electron chi connectivity index (χ3n) is 6.92. The van der Waals surface area contributed by atoms with E-state index in [-0.39, 0.29) is 52.4 Å². The number of aliphatic hydroxyl groups is 1. The molecule has 2 amide bonds. The van der Waals surface area contributed by atoms with Crippen LogP contribution in [0.25, 0.3) is 0 Å². The number of carbonyl (C=O) groups excluding carboxylic acids is 2. The van der Waals surface area contributed by atoms with Crippen molar-refractivity contribution >= 4 is 64.4 Å². The number of sulfonamides is 2. The first-order chi connectivity index (χ1) is 22.5. The summed E-state index contributed by atoms with van der Waals surface area (Å²) in [6.45, 7) is 6.05. The lowest BCUT2D eigenvalue weighted by Gasteiger charge is -2.32. The first-order valence-electron chi connectivity index (χ1n) is 14.6. The average molecular weight is 725 g/mol. The van der Waals surface area contributed by atoms with E-state index < -0.39 is 70.2 Å². The van der Waals surface area contributed by atoms with Gasteiger partial charge in [0, 0.05) is 30.9 Å². The second-order valence-electron chi connectivity index (χ2n) is 10.7. The molecule has 0 aliphatic carbocycles. The van der Waals surface area contributed by atoms with Gasteiger partial charge < -0.3 is 25.2 Å². The van der Waals surface area contributed by atoms with Gasteiger partial charge in [-0.1, -0.05) is 0 Å². The van der Waals surface area contributed by atoms with Crippen molar-refractivity contribution < 1.29 is 49.4 Å². The van der Waals surface area contributed by atoms with Crippen LogP contribution in [0.3, 0.4) is 0 Å². The van der Waals surface area contributed by atoms with E-state index in [0.717, 1.165) is 10.4 Å². The van der Waals surface area contributed by atoms with Crippen molar-refractivity contribution in [1.82, 2.24) is 0 Å². The van der Waals surface area contributed by atoms with Gasteiger partial charge in [-0.3, -0.25) is 18.6 Å². The second kappa shape index (κ2) is 14.4. The van der Waals surface area contributed by atoms with Crippen LogP contribution in [0.4, 0.5) is 22.7 Å². The largest absolute Gasteiger partial charge is 0.492 e. The molecule has 0 spiro atoms. The maximum atomic E-state index is 14.4. The van der Waals surface area contributed by atoms with E-state index in [1.807, 2.05) is 0 Å². The van der Waals surface area contributed by atoms with E-state index in [2.05, 4.69) is 15.4 Å². The Morgan fingerprint density at radius 2 is 1.27 bits per heavy atom. The van der Waals surface area contributed by atoms with E-state index in [9.17, 15) is 39.9 Å². The number of rotatable bonds is 13. The zero-order valence-electron chi connectivity index (χ0n) is 26.5. The van der Waals surface area contributed by atoms with E-state index in [4.69, 9.17) is 9.47 Å². The van der Waals surface area contributed by atoms with Gasteiger partial charge in [0.2, 0.25) is 11.8 Å². The molecule has 4 rings (SSSR count). The molecular formula is C30H36N4O11S3. The monoisotopic (exact) mass is 724 g/mol. The minimum absolute atomic E-state index is 0.00531. The Labute approximate surface area is 279 Å². The predicted octanol–water partition coefficient (Wildman–Crippen LogP) is 2.55. The predicted molar refractivity (Wildman–Crippen MR) is 179 cm³/mol. The molecule has 260 valence electrons. The summed E-state index contributed by atoms with van der Waals surface area (Å²) in [6, 6.07) is 11.6. The van der Waals surface area contributed by atoms with Crippen molar-refractivity contribution in [3.8, 4) is 11.5 Å². The Morgan fingerprint density at radius 1 is 0.792 bits per heavy atom. The van der Waals surface area contributed by atoms with Gasteiger partial charge in [-0.25, -0.2) is 25.3 Å². The summed E-state index contributed by atoms with van der Waals surface area (Å²) >= 11 is 0. The summed E-state index contributed by atoms with van der Waals surface area (Å²) in [5.41, 5.74) is 0.254. The molecule has 0 radical (unpaired) electrons. The topological polar surface area (TPSA) is 215 Å². The molecule has 4 N–H and O–H groups in total. The normalized spacial score (nSPS) is 17.3. The number of benzene rings is 3. The number of aliphatic hydroxyl groups excluding tert-OH is 1. The molecule has 1 fully saturated rings. The standard InChI is InChI=1S/C30H36N4O11S3/c1-5-44-27-13-9-22(31-19(3)35)15-29(27)47(40,41)33-21-7-11-24(12-8-21)34(25-17-46(38,39)18-26(25)37)48(42,43)30-16-23(32-20(4)36)10-14-28(30)45-6-2/h7-16,25-26,33,37H,5-6,17-18H2,1-4H3,(H,31,35)(H,32,36). The molecule has 18 heteroatoms. The fourth-order valence-electron chi connectivity index (χ4n) is 5.07. The van der Waals surface area contributed by atoms with Crippen LogP contribution in [0.2, 0.25) is 0 Å². The molecule has 1 aliphatic rings. The molecule has 48 heavy (non-hydrogen) atoms. The summed E-state index contributed by atoms with van der Waals surface area (Å²) < 4.78 is 95.0. The molecule has 3 aromatic rings. The van der Waals surface area contributed by atoms with Crippen molar-refractivity contribution in [3.05, 3.63) is 60.7 Å². The van der Waals surface area contributed by atoms with Gasteiger partial charge in [0.05, 0.1) is 42.6 Å². The summed E-state index contributed by atoms with van der Waals surface area (Å²) in [7, 11) is -12.9. The highest BCUT2D eigenvalue weighted by molar-refractivity contribution is 7.94. The van der Waals surface area contributed by atoms with Crippen LogP contribution in [0.5, 0.6) is 11.5 Å². The van der Waals surface area contributed by atoms with Crippen molar-refractivity contribution in [2.24, 2.45) is 0 Å². The summed E-state index contributed by atoms with van der Waals surface area (Å²) in [5, 5.41) is 15.8. The Bertz CT molecular complexity index is 2020. The first-order valence-corrected chi connectivity index (χ1v) is 19.4. The van der Waals surface area contributed by atoms with Gasteiger partial charge in [0.1, 0.15) is 21.3 Å². The van der Waals surface area contributed by atoms with Crippen LogP contribution >= 0.6 is 0 Å². The highest BCUT2D eigenvalue weighted by atomic mass is 32.2. The van der Waals surface area contributed by atoms with E-state index in [1.165, 1.54) is 68.4 Å². The SMILES string of the molecule is CCOc1ccc(NC(C)=O)cc1S(=O)(=O)Nc1ccc(N(C2CS(=O)(=O)CC2O)S(=O)(=O)c2cc(NC(C)=O)ccc2OCC)cc1. The molecular weight excluding hydrogens is 689 g/mol. The number of anilines is 4. The lowest BCUT2D eigenvalue weighted by atomic mass is 10.2. The van der Waals surface area contributed by atoms with E-state index in [1.54, 1.807) is 13.8 Å². The van der Waals surface area contributed by atoms with Gasteiger partial charge in [-0.05, 0) is 74.5 Å². The zero-order chi connectivity index (χ0) is 35.4. The quantitative estimate of drug-likeness (QED) is 0.201. The fourth-order valence-corrected chi connectivity index (χ4v) is 10.0. The maximum absolute atomic E-state index is 14.4. The van der Waals surface area contributed by atoms with Crippen molar-refractivity contribution in [3.63, 3.8) is 0 Å². The molecule has 1 heterocycles. The van der Waals surface area contributed by atoms with Crippen molar-refractivity contribution in [2.45, 2.75) is 49.6 Å². The minimum atomic E-state index is -4.71. The highest BCUT2D eigenvalue weighted by Crippen LogP contribution is 2.37. The molecule has 0 aromatic heterocycles. The average Bonchev–Trinajstić information content (AvgIpc) is 3.26. The fraction of sp³-hybridized carbons (Fsp3) is 0.333. The molecule has 2 unspecified atom stereocenters. The number of sulfone groups is 1. The molecule has 15 nitrogen and oxygen atoms in total. The number of hydrogen-bond acceptors (Lipinski definition) is 11. The van der Waals surface area contributed by atoms with Crippen LogP contribution in [0, 0.1) is 0 Å². The minimum Gasteiger partial charge on any atom is -0.492 e. The molecule has 0 saturated carbocycles. The number of nitrogens with one attached hydrogen (secondary N) is 3. The number of ether oxygens (including phenoxy) is 2. The maximum Gasteiger partial charge on any atom is 0.268 e. The molecule has 0 bridgehead atoms. The van der Waals surface area contributed by atoms with Crippen LogP contribution in [0.1, 0.15) is 27.7 Å². The summed E-state index contributed by atoms with van der Waals surface area (Å²) in [6.07, 6.45) is -1.59. The Balaban J connectivity index is 1.78. The molecule has 1 saturated heterocycles. The Morgan fingerprint density at radius 3 is 1.73 bits per heavy atom. The summed E-state index contributed by atoms with van der Waals surface area (Å²) in [5.74, 6) is -2.31. The van der Waals surface area contributed by atoms with E-state index in [0.29, 0.717) is 0 Å². The van der Waals surface area contributed by atoms with Crippen molar-refractivity contribution in [2.75, 3.05) is 44.4 Å². The number of hydrogen-bond donors (Lipinski definition) is 4. The third kappa shape index (κ3) is 8.36. The van der Waals surface area contributed by atoms with Gasteiger partial charge in [0.15, 0.2) is 9.84 Å². The number of amides is 2. The van der Waals surface area contributed by atoms with Crippen LogP contribution in [-0.4, -0.2) is 79.0 Å². The first kappa shape index (κ1) is 36.4. The van der Waals surface area contributed by atoms with Crippen LogP contribution in [0.15, 0.2) is 70.5 Å². The molecule has 1 aliphatic heterocycles. The van der Waals surface area contributed by atoms with E-state index >= 15 is 0 Å². The second-order valence-corrected chi connectivity index (χ2v) is 16.3. The lowest BCUT2D eigenvalue weighted by molar-refractivity contribution is -0.115. The Kier molecular flexibility index (Phi) is 10.9. The Hall–Kier alpha value is -4.39. The number of nitrogens with zero attached hydrogens (tertiary/aromatic N) is 1. The lowest BCUT2D eigenvalue weighted by Crippen LogP contribution is -2.47. The van der Waals surface area contributed by atoms with Gasteiger partial charge in [0.25, 0.3) is 20.0 Å². The smallest absolute Gasteiger partial charge is 0.268 e. The van der Waals surface area contributed by atoms with Gasteiger partial charge >= 0.3 is 0 Å². The summed E-state index contributed by atoms with van der Waals surface area (Å²) in [4.78, 5) is 22.6.